The van der Waals surface area contributed by atoms with Gasteiger partial charge in [0.1, 0.15) is 6.10 Å². The maximum atomic E-state index is 12.1. The number of hydrogen-bond acceptors (Lipinski definition) is 2. The SMILES string of the molecule is CCN(CC)C(=O)[C@H]1O[C@@H]1c1ccccc1C. The fourth-order valence-corrected chi connectivity index (χ4v) is 2.16. The summed E-state index contributed by atoms with van der Waals surface area (Å²) in [6.07, 6.45) is -0.305. The summed E-state index contributed by atoms with van der Waals surface area (Å²) < 4.78 is 5.54. The van der Waals surface area contributed by atoms with E-state index >= 15 is 0 Å². The molecule has 0 unspecified atom stereocenters. The lowest BCUT2D eigenvalue weighted by Crippen LogP contribution is -2.34. The quantitative estimate of drug-likeness (QED) is 0.748. The van der Waals surface area contributed by atoms with Gasteiger partial charge in [0.05, 0.1) is 0 Å². The number of ether oxygens (including phenoxy) is 1. The van der Waals surface area contributed by atoms with Gasteiger partial charge in [-0.05, 0) is 31.9 Å². The Kier molecular flexibility index (Phi) is 3.48. The van der Waals surface area contributed by atoms with E-state index in [0.717, 1.165) is 18.7 Å². The third-order valence-electron chi connectivity index (χ3n) is 3.31. The number of nitrogens with zero attached hydrogens (tertiary/aromatic N) is 1. The number of benzene rings is 1. The number of epoxide rings is 1. The maximum absolute atomic E-state index is 12.1. The van der Waals surface area contributed by atoms with E-state index in [0.29, 0.717) is 0 Å². The van der Waals surface area contributed by atoms with Crippen molar-refractivity contribution in [3.05, 3.63) is 35.4 Å². The maximum Gasteiger partial charge on any atom is 0.254 e. The third kappa shape index (κ3) is 2.34. The molecule has 1 aliphatic rings. The number of likely N-dealkylation sites (N-methyl/N-ethyl adjacent to an activating group) is 1. The molecular weight excluding hydrogens is 214 g/mol. The summed E-state index contributed by atoms with van der Waals surface area (Å²) in [5, 5.41) is 0. The molecule has 2 rings (SSSR count). The minimum absolute atomic E-state index is 0.0377. The highest BCUT2D eigenvalue weighted by atomic mass is 16.6. The van der Waals surface area contributed by atoms with Crippen LogP contribution in [0.15, 0.2) is 24.3 Å². The molecule has 0 saturated carbocycles. The third-order valence-corrected chi connectivity index (χ3v) is 3.31. The number of hydrogen-bond donors (Lipinski definition) is 0. The molecule has 3 nitrogen and oxygen atoms in total. The van der Waals surface area contributed by atoms with Crippen LogP contribution in [-0.2, 0) is 9.53 Å². The van der Waals surface area contributed by atoms with Crippen LogP contribution in [0.2, 0.25) is 0 Å². The van der Waals surface area contributed by atoms with Gasteiger partial charge in [-0.15, -0.1) is 0 Å². The van der Waals surface area contributed by atoms with Crippen molar-refractivity contribution < 1.29 is 9.53 Å². The summed E-state index contributed by atoms with van der Waals surface area (Å²) in [6.45, 7) is 7.53. The van der Waals surface area contributed by atoms with Crippen molar-refractivity contribution in [1.82, 2.24) is 4.90 Å². The molecule has 0 bridgehead atoms. The Bertz CT molecular complexity index is 412. The second kappa shape index (κ2) is 4.88. The van der Waals surface area contributed by atoms with Crippen LogP contribution in [0.4, 0.5) is 0 Å². The van der Waals surface area contributed by atoms with Gasteiger partial charge in [-0.3, -0.25) is 4.79 Å². The Morgan fingerprint density at radius 2 is 1.94 bits per heavy atom. The fraction of sp³-hybridized carbons (Fsp3) is 0.500. The van der Waals surface area contributed by atoms with Crippen LogP contribution in [-0.4, -0.2) is 30.0 Å². The van der Waals surface area contributed by atoms with Crippen LogP contribution >= 0.6 is 0 Å². The Morgan fingerprint density at radius 3 is 2.53 bits per heavy atom. The van der Waals surface area contributed by atoms with E-state index in [4.69, 9.17) is 4.74 Å². The Labute approximate surface area is 102 Å². The van der Waals surface area contributed by atoms with Crippen molar-refractivity contribution in [3.8, 4) is 0 Å². The molecule has 3 heteroatoms. The minimum atomic E-state index is -0.268. The molecule has 1 aromatic carbocycles. The fourth-order valence-electron chi connectivity index (χ4n) is 2.16. The first-order chi connectivity index (χ1) is 8.19. The van der Waals surface area contributed by atoms with Crippen LogP contribution in [0.1, 0.15) is 31.1 Å². The Balaban J connectivity index is 2.06. The van der Waals surface area contributed by atoms with Gasteiger partial charge < -0.3 is 9.64 Å². The lowest BCUT2D eigenvalue weighted by molar-refractivity contribution is -0.132. The molecule has 0 aliphatic carbocycles. The molecule has 0 radical (unpaired) electrons. The predicted octanol–water partition coefficient (Wildman–Crippen LogP) is 2.30. The monoisotopic (exact) mass is 233 g/mol. The summed E-state index contributed by atoms with van der Waals surface area (Å²) >= 11 is 0. The molecule has 1 aliphatic heterocycles. The van der Waals surface area contributed by atoms with Gasteiger partial charge in [0.25, 0.3) is 5.91 Å². The molecule has 0 N–H and O–H groups in total. The summed E-state index contributed by atoms with van der Waals surface area (Å²) in [4.78, 5) is 13.9. The molecule has 92 valence electrons. The standard InChI is InChI=1S/C14H19NO2/c1-4-15(5-2)14(16)13-12(17-13)11-9-7-6-8-10(11)3/h6-9,12-13H,4-5H2,1-3H3/t12-,13+/m1/s1. The average Bonchev–Trinajstić information content (AvgIpc) is 3.11. The molecule has 1 aromatic rings. The van der Waals surface area contributed by atoms with Gasteiger partial charge in [0.15, 0.2) is 6.10 Å². The minimum Gasteiger partial charge on any atom is -0.354 e. The molecule has 1 heterocycles. The van der Waals surface area contributed by atoms with Crippen molar-refractivity contribution >= 4 is 5.91 Å². The van der Waals surface area contributed by atoms with Crippen molar-refractivity contribution in [3.63, 3.8) is 0 Å². The molecule has 2 atom stereocenters. The summed E-state index contributed by atoms with van der Waals surface area (Å²) in [5.74, 6) is 0.114. The predicted molar refractivity (Wildman–Crippen MR) is 66.7 cm³/mol. The van der Waals surface area contributed by atoms with Crippen LogP contribution in [0.5, 0.6) is 0 Å². The Morgan fingerprint density at radius 1 is 1.29 bits per heavy atom. The second-order valence-corrected chi connectivity index (χ2v) is 4.34. The smallest absolute Gasteiger partial charge is 0.254 e. The van der Waals surface area contributed by atoms with Crippen LogP contribution in [0, 0.1) is 6.92 Å². The van der Waals surface area contributed by atoms with Crippen molar-refractivity contribution in [2.75, 3.05) is 13.1 Å². The molecular formula is C14H19NO2. The number of aryl methyl sites for hydroxylation is 1. The molecule has 0 spiro atoms. The molecule has 0 aromatic heterocycles. The van der Waals surface area contributed by atoms with E-state index in [9.17, 15) is 4.79 Å². The zero-order chi connectivity index (χ0) is 12.4. The first kappa shape index (κ1) is 12.1. The van der Waals surface area contributed by atoms with Gasteiger partial charge in [0, 0.05) is 13.1 Å². The van der Waals surface area contributed by atoms with E-state index in [1.165, 1.54) is 5.56 Å². The van der Waals surface area contributed by atoms with E-state index < -0.39 is 0 Å². The number of amides is 1. The number of carbonyl (C=O) groups excluding carboxylic acids is 1. The molecule has 17 heavy (non-hydrogen) atoms. The van der Waals surface area contributed by atoms with Crippen LogP contribution in [0.3, 0.4) is 0 Å². The highest BCUT2D eigenvalue weighted by Crippen LogP contribution is 2.41. The normalized spacial score (nSPS) is 22.3. The zero-order valence-corrected chi connectivity index (χ0v) is 10.6. The first-order valence-electron chi connectivity index (χ1n) is 6.18. The number of carbonyl (C=O) groups is 1. The van der Waals surface area contributed by atoms with Crippen molar-refractivity contribution in [1.29, 1.82) is 0 Å². The summed E-state index contributed by atoms with van der Waals surface area (Å²) in [5.41, 5.74) is 2.32. The lowest BCUT2D eigenvalue weighted by atomic mass is 10.0. The van der Waals surface area contributed by atoms with Gasteiger partial charge in [-0.25, -0.2) is 0 Å². The van der Waals surface area contributed by atoms with E-state index in [1.807, 2.05) is 36.9 Å². The van der Waals surface area contributed by atoms with Crippen LogP contribution < -0.4 is 0 Å². The number of rotatable bonds is 4. The first-order valence-corrected chi connectivity index (χ1v) is 6.18. The highest BCUT2D eigenvalue weighted by molar-refractivity contribution is 5.84. The van der Waals surface area contributed by atoms with Gasteiger partial charge in [-0.1, -0.05) is 24.3 Å². The lowest BCUT2D eigenvalue weighted by Gasteiger charge is -2.17. The van der Waals surface area contributed by atoms with Gasteiger partial charge >= 0.3 is 0 Å². The van der Waals surface area contributed by atoms with Crippen LogP contribution in [0.25, 0.3) is 0 Å². The van der Waals surface area contributed by atoms with Gasteiger partial charge in [-0.2, -0.15) is 0 Å². The molecule has 1 fully saturated rings. The van der Waals surface area contributed by atoms with E-state index in [-0.39, 0.29) is 18.1 Å². The van der Waals surface area contributed by atoms with Crippen molar-refractivity contribution in [2.45, 2.75) is 33.0 Å². The summed E-state index contributed by atoms with van der Waals surface area (Å²) in [6, 6.07) is 8.08. The Hall–Kier alpha value is -1.35. The molecule has 1 saturated heterocycles. The topological polar surface area (TPSA) is 32.8 Å². The highest BCUT2D eigenvalue weighted by Gasteiger charge is 2.47. The zero-order valence-electron chi connectivity index (χ0n) is 10.6. The van der Waals surface area contributed by atoms with Crippen molar-refractivity contribution in [2.24, 2.45) is 0 Å². The average molecular weight is 233 g/mol. The van der Waals surface area contributed by atoms with E-state index in [1.54, 1.807) is 0 Å². The molecule has 1 amide bonds. The van der Waals surface area contributed by atoms with E-state index in [2.05, 4.69) is 13.0 Å². The summed E-state index contributed by atoms with van der Waals surface area (Å²) in [7, 11) is 0. The largest absolute Gasteiger partial charge is 0.354 e. The van der Waals surface area contributed by atoms with Gasteiger partial charge in [0.2, 0.25) is 0 Å². The second-order valence-electron chi connectivity index (χ2n) is 4.34.